The third kappa shape index (κ3) is 5.95. The molecule has 1 aliphatic heterocycles. The van der Waals surface area contributed by atoms with Crippen LogP contribution in [0, 0.1) is 12.7 Å². The highest BCUT2D eigenvalue weighted by Crippen LogP contribution is 2.35. The van der Waals surface area contributed by atoms with Crippen LogP contribution in [0.4, 0.5) is 36.4 Å². The van der Waals surface area contributed by atoms with E-state index < -0.39 is 36.6 Å². The van der Waals surface area contributed by atoms with E-state index in [-0.39, 0.29) is 10.6 Å². The summed E-state index contributed by atoms with van der Waals surface area (Å²) in [4.78, 5) is 1.70. The van der Waals surface area contributed by atoms with Crippen LogP contribution in [0.15, 0.2) is 17.0 Å². The van der Waals surface area contributed by atoms with Gasteiger partial charge in [-0.05, 0) is 37.5 Å². The highest BCUT2D eigenvalue weighted by atomic mass is 32.2. The highest BCUT2D eigenvalue weighted by Gasteiger charge is 2.33. The van der Waals surface area contributed by atoms with E-state index >= 15 is 0 Å². The Morgan fingerprint density at radius 2 is 1.84 bits per heavy atom. The first-order valence-corrected chi connectivity index (χ1v) is 8.51. The molecule has 1 fully saturated rings. The first-order chi connectivity index (χ1) is 11.5. The van der Waals surface area contributed by atoms with Gasteiger partial charge in [0.05, 0.1) is 24.2 Å². The third-order valence-corrected chi connectivity index (χ3v) is 4.96. The lowest BCUT2D eigenvalue weighted by atomic mass is 10.2. The first-order valence-electron chi connectivity index (χ1n) is 7.53. The maximum absolute atomic E-state index is 14.3. The number of hydrogen-bond donors (Lipinski definition) is 1. The summed E-state index contributed by atoms with van der Waals surface area (Å²) < 4.78 is 88.6. The minimum absolute atomic E-state index is 0.0208. The largest absolute Gasteiger partial charge is 0.401 e. The minimum Gasteiger partial charge on any atom is -0.354 e. The Kier molecular flexibility index (Phi) is 6.13. The number of rotatable bonds is 5. The standard InChI is InChI=1S/C15H17F7N2S/c1-9-5-10(16)11(6-12(9)25-8-15(20,21)22)24-4-2-3-13(24)23-7-14(17,18)19/h5-6,13,23H,2-4,7-8H2,1H3. The van der Waals surface area contributed by atoms with Crippen LogP contribution in [0.2, 0.25) is 0 Å². The number of halogens is 7. The van der Waals surface area contributed by atoms with Gasteiger partial charge in [0.1, 0.15) is 5.82 Å². The fourth-order valence-electron chi connectivity index (χ4n) is 2.68. The lowest BCUT2D eigenvalue weighted by Crippen LogP contribution is -2.45. The van der Waals surface area contributed by atoms with Crippen LogP contribution >= 0.6 is 11.8 Å². The number of benzene rings is 1. The Morgan fingerprint density at radius 1 is 1.16 bits per heavy atom. The molecule has 1 heterocycles. The molecule has 2 rings (SSSR count). The van der Waals surface area contributed by atoms with Crippen molar-refractivity contribution >= 4 is 17.4 Å². The molecule has 0 aromatic heterocycles. The van der Waals surface area contributed by atoms with E-state index in [1.165, 1.54) is 17.9 Å². The molecule has 25 heavy (non-hydrogen) atoms. The molecule has 1 N–H and O–H groups in total. The Hall–Kier alpha value is -1.16. The molecule has 10 heteroatoms. The van der Waals surface area contributed by atoms with Gasteiger partial charge in [-0.25, -0.2) is 4.39 Å². The molecule has 1 saturated heterocycles. The number of thioether (sulfide) groups is 1. The van der Waals surface area contributed by atoms with Crippen molar-refractivity contribution in [2.75, 3.05) is 23.7 Å². The Labute approximate surface area is 144 Å². The first kappa shape index (κ1) is 20.2. The van der Waals surface area contributed by atoms with Crippen LogP contribution in [-0.2, 0) is 0 Å². The number of hydrogen-bond acceptors (Lipinski definition) is 3. The molecule has 0 radical (unpaired) electrons. The van der Waals surface area contributed by atoms with Crippen molar-refractivity contribution in [1.29, 1.82) is 0 Å². The molecule has 1 aromatic carbocycles. The van der Waals surface area contributed by atoms with Gasteiger partial charge in [0.2, 0.25) is 0 Å². The Bertz CT molecular complexity index is 601. The summed E-state index contributed by atoms with van der Waals surface area (Å²) >= 11 is 0.536. The van der Waals surface area contributed by atoms with Gasteiger partial charge >= 0.3 is 12.4 Å². The average molecular weight is 390 g/mol. The summed E-state index contributed by atoms with van der Waals surface area (Å²) in [6.45, 7) is 0.616. The van der Waals surface area contributed by atoms with Crippen molar-refractivity contribution in [3.8, 4) is 0 Å². The van der Waals surface area contributed by atoms with E-state index in [0.717, 1.165) is 6.07 Å². The molecule has 0 amide bonds. The van der Waals surface area contributed by atoms with Crippen molar-refractivity contribution in [1.82, 2.24) is 5.32 Å². The number of alkyl halides is 6. The van der Waals surface area contributed by atoms with Crippen molar-refractivity contribution in [2.45, 2.75) is 43.2 Å². The van der Waals surface area contributed by atoms with E-state index in [0.29, 0.717) is 36.7 Å². The van der Waals surface area contributed by atoms with E-state index in [1.54, 1.807) is 0 Å². The van der Waals surface area contributed by atoms with Crippen LogP contribution in [0.3, 0.4) is 0 Å². The van der Waals surface area contributed by atoms with Gasteiger partial charge in [-0.1, -0.05) is 0 Å². The van der Waals surface area contributed by atoms with Crippen molar-refractivity contribution in [3.63, 3.8) is 0 Å². The second kappa shape index (κ2) is 7.61. The SMILES string of the molecule is Cc1cc(F)c(N2CCCC2NCC(F)(F)F)cc1SCC(F)(F)F. The molecule has 0 spiro atoms. The fourth-order valence-corrected chi connectivity index (χ4v) is 3.48. The maximum atomic E-state index is 14.3. The quantitative estimate of drug-likeness (QED) is 0.571. The smallest absolute Gasteiger partial charge is 0.354 e. The summed E-state index contributed by atoms with van der Waals surface area (Å²) in [5.41, 5.74) is 0.377. The lowest BCUT2D eigenvalue weighted by Gasteiger charge is -2.29. The topological polar surface area (TPSA) is 15.3 Å². The highest BCUT2D eigenvalue weighted by molar-refractivity contribution is 7.99. The predicted octanol–water partition coefficient (Wildman–Crippen LogP) is 4.87. The molecule has 0 bridgehead atoms. The zero-order valence-electron chi connectivity index (χ0n) is 13.3. The van der Waals surface area contributed by atoms with Gasteiger partial charge in [0, 0.05) is 11.4 Å². The molecule has 142 valence electrons. The molecule has 2 nitrogen and oxygen atoms in total. The van der Waals surface area contributed by atoms with Gasteiger partial charge in [-0.3, -0.25) is 5.32 Å². The zero-order valence-corrected chi connectivity index (χ0v) is 14.1. The maximum Gasteiger partial charge on any atom is 0.401 e. The summed E-state index contributed by atoms with van der Waals surface area (Å²) in [5, 5.41) is 2.34. The Morgan fingerprint density at radius 3 is 2.44 bits per heavy atom. The summed E-state index contributed by atoms with van der Waals surface area (Å²) in [6.07, 6.45) is -8.51. The Balaban J connectivity index is 2.19. The van der Waals surface area contributed by atoms with Gasteiger partial charge in [-0.15, -0.1) is 11.8 Å². The minimum atomic E-state index is -4.40. The average Bonchev–Trinajstić information content (AvgIpc) is 2.90. The zero-order chi connectivity index (χ0) is 18.8. The number of anilines is 1. The molecule has 0 aliphatic carbocycles. The van der Waals surface area contributed by atoms with Crippen LogP contribution < -0.4 is 10.2 Å². The monoisotopic (exact) mass is 390 g/mol. The van der Waals surface area contributed by atoms with Gasteiger partial charge in [0.25, 0.3) is 0 Å². The van der Waals surface area contributed by atoms with Crippen LogP contribution in [0.5, 0.6) is 0 Å². The van der Waals surface area contributed by atoms with Crippen molar-refractivity contribution < 1.29 is 30.7 Å². The van der Waals surface area contributed by atoms with Gasteiger partial charge in [-0.2, -0.15) is 26.3 Å². The number of nitrogens with zero attached hydrogens (tertiary/aromatic N) is 1. The molecule has 1 unspecified atom stereocenters. The summed E-state index contributed by atoms with van der Waals surface area (Å²) in [5.74, 6) is -1.77. The molecular weight excluding hydrogens is 373 g/mol. The van der Waals surface area contributed by atoms with E-state index in [1.807, 2.05) is 0 Å². The van der Waals surface area contributed by atoms with Crippen LogP contribution in [0.25, 0.3) is 0 Å². The second-order valence-corrected chi connectivity index (χ2v) is 6.84. The van der Waals surface area contributed by atoms with Gasteiger partial charge in [0.15, 0.2) is 0 Å². The van der Waals surface area contributed by atoms with E-state index in [2.05, 4.69) is 5.32 Å². The third-order valence-electron chi connectivity index (χ3n) is 3.74. The number of nitrogens with one attached hydrogen (secondary N) is 1. The predicted molar refractivity (Wildman–Crippen MR) is 82.3 cm³/mol. The second-order valence-electron chi connectivity index (χ2n) is 5.82. The van der Waals surface area contributed by atoms with Crippen molar-refractivity contribution in [3.05, 3.63) is 23.5 Å². The van der Waals surface area contributed by atoms with Crippen molar-refractivity contribution in [2.24, 2.45) is 0 Å². The summed E-state index contributed by atoms with van der Waals surface area (Å²) in [6, 6.07) is 2.40. The molecule has 0 saturated carbocycles. The molecular formula is C15H17F7N2S. The van der Waals surface area contributed by atoms with E-state index in [9.17, 15) is 30.7 Å². The summed E-state index contributed by atoms with van der Waals surface area (Å²) in [7, 11) is 0. The number of aryl methyl sites for hydroxylation is 1. The van der Waals surface area contributed by atoms with E-state index in [4.69, 9.17) is 0 Å². The molecule has 1 atom stereocenters. The molecule has 1 aromatic rings. The van der Waals surface area contributed by atoms with Crippen LogP contribution in [-0.4, -0.2) is 37.4 Å². The van der Waals surface area contributed by atoms with Crippen LogP contribution in [0.1, 0.15) is 18.4 Å². The van der Waals surface area contributed by atoms with Gasteiger partial charge < -0.3 is 4.90 Å². The lowest BCUT2D eigenvalue weighted by molar-refractivity contribution is -0.126. The normalized spacial score (nSPS) is 18.9. The fraction of sp³-hybridized carbons (Fsp3) is 0.600. The molecule has 1 aliphatic rings.